The minimum absolute atomic E-state index is 0.118. The third-order valence-electron chi connectivity index (χ3n) is 6.94. The van der Waals surface area contributed by atoms with Crippen LogP contribution in [0.1, 0.15) is 48.0 Å². The largest absolute Gasteiger partial charge is 0.493 e. The number of nitrogens with zero attached hydrogens (tertiary/aromatic N) is 3. The fourth-order valence-electron chi connectivity index (χ4n) is 4.86. The van der Waals surface area contributed by atoms with Crippen molar-refractivity contribution < 1.29 is 28.0 Å². The van der Waals surface area contributed by atoms with Gasteiger partial charge in [-0.25, -0.2) is 18.7 Å². The molecular formula is C28H29F2N5O5. The molecule has 1 unspecified atom stereocenters. The first-order chi connectivity index (χ1) is 19.3. The number of carbonyl (C=O) groups is 1. The van der Waals surface area contributed by atoms with Crippen molar-refractivity contribution >= 4 is 23.2 Å². The van der Waals surface area contributed by atoms with Crippen LogP contribution in [0, 0.1) is 16.0 Å². The molecule has 0 spiro atoms. The molecule has 2 N–H and O–H groups in total. The number of rotatable bonds is 4. The molecule has 1 aromatic heterocycles. The first kappa shape index (κ1) is 27.4. The molecule has 1 fully saturated rings. The lowest BCUT2D eigenvalue weighted by molar-refractivity contribution is -0.384. The smallest absolute Gasteiger partial charge is 0.279 e. The molecule has 0 radical (unpaired) electrons. The highest BCUT2D eigenvalue weighted by Crippen LogP contribution is 2.39. The number of nitro benzene ring substituents is 1. The Morgan fingerprint density at radius 1 is 1.18 bits per heavy atom. The Morgan fingerprint density at radius 3 is 2.85 bits per heavy atom. The van der Waals surface area contributed by atoms with Crippen molar-refractivity contribution in [1.29, 1.82) is 0 Å². The Morgan fingerprint density at radius 2 is 2.05 bits per heavy atom. The zero-order valence-corrected chi connectivity index (χ0v) is 21.7. The van der Waals surface area contributed by atoms with Crippen LogP contribution in [0.3, 0.4) is 0 Å². The standard InChI is InChI=1S/C28H29F2N5O5/c29-28(30)9-7-18(15-28)16-40-25-6-4-21-13-20(25)17-39-12-2-1-10-31-26(36)19-3-5-22(24(14-19)35(37)38)23-8-11-32-27(33-21)34-23/h3-6,8,11,13-14,18H,1-2,7,9-10,12,15-17H2,(H,31,36)(H,32,33,34). The zero-order chi connectivity index (χ0) is 28.1. The molecule has 3 aromatic rings. The van der Waals surface area contributed by atoms with E-state index in [0.29, 0.717) is 49.5 Å². The Labute approximate surface area is 229 Å². The number of amides is 1. The third-order valence-corrected chi connectivity index (χ3v) is 6.94. The SMILES string of the molecule is O=C1NCCCCOCc2cc(ccc2OCC2CCC(F)(F)C2)Nc2nccc(n2)-c2ccc1cc2[N+](=O)[O-]. The fourth-order valence-corrected chi connectivity index (χ4v) is 4.86. The van der Waals surface area contributed by atoms with Crippen molar-refractivity contribution in [3.05, 3.63) is 69.9 Å². The molecule has 1 saturated carbocycles. The number of aromatic nitrogens is 2. The Hall–Kier alpha value is -4.19. The highest BCUT2D eigenvalue weighted by molar-refractivity contribution is 5.96. The average molecular weight is 554 g/mol. The summed E-state index contributed by atoms with van der Waals surface area (Å²) >= 11 is 0. The number of hydrogen-bond acceptors (Lipinski definition) is 8. The highest BCUT2D eigenvalue weighted by atomic mass is 19.3. The number of fused-ring (bicyclic) bond motifs is 9. The van der Waals surface area contributed by atoms with Crippen LogP contribution in [-0.2, 0) is 11.3 Å². The van der Waals surface area contributed by atoms with Crippen molar-refractivity contribution in [2.45, 2.75) is 44.6 Å². The van der Waals surface area contributed by atoms with E-state index in [2.05, 4.69) is 20.6 Å². The van der Waals surface area contributed by atoms with E-state index in [1.807, 2.05) is 6.07 Å². The van der Waals surface area contributed by atoms with Crippen LogP contribution in [0.5, 0.6) is 5.75 Å². The van der Waals surface area contributed by atoms with E-state index in [0.717, 1.165) is 5.56 Å². The van der Waals surface area contributed by atoms with E-state index in [-0.39, 0.29) is 54.7 Å². The number of ether oxygens (including phenoxy) is 2. The normalized spacial score (nSPS) is 19.1. The molecule has 10 nitrogen and oxygen atoms in total. The Bertz CT molecular complexity index is 1400. The van der Waals surface area contributed by atoms with Gasteiger partial charge < -0.3 is 20.1 Å². The first-order valence-corrected chi connectivity index (χ1v) is 13.2. The highest BCUT2D eigenvalue weighted by Gasteiger charge is 2.39. The van der Waals surface area contributed by atoms with Gasteiger partial charge in [0.25, 0.3) is 11.6 Å². The number of halogens is 2. The summed E-state index contributed by atoms with van der Waals surface area (Å²) in [7, 11) is 0. The summed E-state index contributed by atoms with van der Waals surface area (Å²) in [5.41, 5.74) is 1.86. The van der Waals surface area contributed by atoms with Gasteiger partial charge in [0, 0.05) is 55.1 Å². The van der Waals surface area contributed by atoms with E-state index in [1.165, 1.54) is 24.4 Å². The van der Waals surface area contributed by atoms with Crippen LogP contribution >= 0.6 is 0 Å². The van der Waals surface area contributed by atoms with E-state index in [9.17, 15) is 23.7 Å². The second-order valence-corrected chi connectivity index (χ2v) is 9.99. The molecule has 210 valence electrons. The quantitative estimate of drug-likeness (QED) is 0.313. The van der Waals surface area contributed by atoms with E-state index >= 15 is 0 Å². The van der Waals surface area contributed by atoms with Crippen LogP contribution < -0.4 is 15.4 Å². The van der Waals surface area contributed by atoms with E-state index in [4.69, 9.17) is 9.47 Å². The molecule has 1 amide bonds. The number of benzene rings is 2. The molecule has 3 aliphatic rings. The molecule has 6 rings (SSSR count). The van der Waals surface area contributed by atoms with Gasteiger partial charge in [-0.15, -0.1) is 0 Å². The summed E-state index contributed by atoms with van der Waals surface area (Å²) in [6.07, 6.45) is 2.93. The van der Waals surface area contributed by atoms with Crippen LogP contribution in [0.4, 0.5) is 26.1 Å². The van der Waals surface area contributed by atoms with Gasteiger partial charge in [0.1, 0.15) is 5.75 Å². The van der Waals surface area contributed by atoms with Gasteiger partial charge >= 0.3 is 0 Å². The van der Waals surface area contributed by atoms with Crippen molar-refractivity contribution in [2.75, 3.05) is 25.1 Å². The number of nitro groups is 1. The minimum atomic E-state index is -2.64. The molecule has 3 heterocycles. The van der Waals surface area contributed by atoms with Gasteiger partial charge in [-0.1, -0.05) is 0 Å². The Kier molecular flexibility index (Phi) is 8.15. The van der Waals surface area contributed by atoms with Gasteiger partial charge in [0.05, 0.1) is 29.4 Å². The summed E-state index contributed by atoms with van der Waals surface area (Å²) in [6.45, 7) is 1.23. The number of carbonyl (C=O) groups excluding carboxylic acids is 1. The lowest BCUT2D eigenvalue weighted by Crippen LogP contribution is -2.24. The lowest BCUT2D eigenvalue weighted by atomic mass is 10.1. The van der Waals surface area contributed by atoms with Gasteiger partial charge in [0.15, 0.2) is 0 Å². The fraction of sp³-hybridized carbons (Fsp3) is 0.393. The number of nitrogens with one attached hydrogen (secondary N) is 2. The van der Waals surface area contributed by atoms with E-state index in [1.54, 1.807) is 18.2 Å². The minimum Gasteiger partial charge on any atom is -0.493 e. The van der Waals surface area contributed by atoms with Gasteiger partial charge in [0.2, 0.25) is 11.9 Å². The zero-order valence-electron chi connectivity index (χ0n) is 21.7. The van der Waals surface area contributed by atoms with Gasteiger partial charge in [-0.3, -0.25) is 14.9 Å². The average Bonchev–Trinajstić information content (AvgIpc) is 3.29. The van der Waals surface area contributed by atoms with Crippen molar-refractivity contribution in [3.8, 4) is 17.0 Å². The maximum Gasteiger partial charge on any atom is 0.279 e. The number of alkyl halides is 2. The molecule has 1 atom stereocenters. The summed E-state index contributed by atoms with van der Waals surface area (Å²) in [5, 5.41) is 17.7. The van der Waals surface area contributed by atoms with Crippen LogP contribution in [0.25, 0.3) is 11.3 Å². The summed E-state index contributed by atoms with van der Waals surface area (Å²) in [4.78, 5) is 32.6. The van der Waals surface area contributed by atoms with Crippen molar-refractivity contribution in [3.63, 3.8) is 0 Å². The molecular weight excluding hydrogens is 524 g/mol. The topological polar surface area (TPSA) is 129 Å². The van der Waals surface area contributed by atoms with Crippen molar-refractivity contribution in [1.82, 2.24) is 15.3 Å². The lowest BCUT2D eigenvalue weighted by Gasteiger charge is -2.17. The third kappa shape index (κ3) is 6.68. The monoisotopic (exact) mass is 553 g/mol. The van der Waals surface area contributed by atoms with E-state index < -0.39 is 16.8 Å². The molecule has 2 aliphatic heterocycles. The first-order valence-electron chi connectivity index (χ1n) is 13.2. The van der Waals surface area contributed by atoms with Crippen molar-refractivity contribution in [2.24, 2.45) is 5.92 Å². The van der Waals surface area contributed by atoms with Crippen LogP contribution in [0.15, 0.2) is 48.7 Å². The van der Waals surface area contributed by atoms with Gasteiger partial charge in [-0.05, 0) is 61.6 Å². The molecule has 6 bridgehead atoms. The van der Waals surface area contributed by atoms with Gasteiger partial charge in [-0.2, -0.15) is 0 Å². The molecule has 40 heavy (non-hydrogen) atoms. The summed E-state index contributed by atoms with van der Waals surface area (Å²) < 4.78 is 39.1. The Balaban J connectivity index is 1.43. The number of hydrogen-bond donors (Lipinski definition) is 2. The predicted molar refractivity (Wildman–Crippen MR) is 143 cm³/mol. The molecule has 0 saturated heterocycles. The van der Waals surface area contributed by atoms with Crippen LogP contribution in [-0.4, -0.2) is 46.5 Å². The van der Waals surface area contributed by atoms with Crippen LogP contribution in [0.2, 0.25) is 0 Å². The second kappa shape index (κ2) is 11.9. The molecule has 1 aliphatic carbocycles. The summed E-state index contributed by atoms with van der Waals surface area (Å²) in [6, 6.07) is 11.2. The maximum absolute atomic E-state index is 13.6. The number of anilines is 2. The molecule has 2 aromatic carbocycles. The summed E-state index contributed by atoms with van der Waals surface area (Å²) in [5.74, 6) is -2.50. The predicted octanol–water partition coefficient (Wildman–Crippen LogP) is 5.65. The molecule has 12 heteroatoms. The maximum atomic E-state index is 13.6. The second-order valence-electron chi connectivity index (χ2n) is 9.99.